The summed E-state index contributed by atoms with van der Waals surface area (Å²) in [4.78, 5) is 9.23. The number of H-pyrrole nitrogens is 1. The second kappa shape index (κ2) is 6.83. The minimum absolute atomic E-state index is 0.232. The zero-order chi connectivity index (χ0) is 17.3. The molecule has 1 aliphatic heterocycles. The Morgan fingerprint density at radius 2 is 2.25 bits per heavy atom. The maximum absolute atomic E-state index is 12.2. The second-order valence-corrected chi connectivity index (χ2v) is 8.71. The molecule has 0 spiro atoms. The number of fused-ring (bicyclic) bond motifs is 1. The average molecular weight is 415 g/mol. The molecule has 0 saturated carbocycles. The lowest BCUT2D eigenvalue weighted by atomic mass is 10.1. The molecule has 2 heterocycles. The number of anilines is 1. The van der Waals surface area contributed by atoms with Gasteiger partial charge in [0.15, 0.2) is 0 Å². The number of imidazole rings is 1. The van der Waals surface area contributed by atoms with E-state index in [0.717, 1.165) is 21.4 Å². The molecular weight excluding hydrogens is 396 g/mol. The van der Waals surface area contributed by atoms with Crippen LogP contribution in [-0.2, 0) is 23.1 Å². The minimum Gasteiger partial charge on any atom is -0.395 e. The molecule has 2 aromatic rings. The smallest absolute Gasteiger partial charge is 0.211 e. The number of aliphatic hydroxyl groups excluding tert-OH is 1. The van der Waals surface area contributed by atoms with Crippen LogP contribution < -0.4 is 4.90 Å². The molecule has 1 aromatic carbocycles. The van der Waals surface area contributed by atoms with E-state index in [2.05, 4.69) is 30.8 Å². The normalized spacial score (nSPS) is 19.1. The summed E-state index contributed by atoms with van der Waals surface area (Å²) < 4.78 is 26.6. The van der Waals surface area contributed by atoms with Crippen LogP contribution in [0.25, 0.3) is 0 Å². The van der Waals surface area contributed by atoms with Gasteiger partial charge in [0.1, 0.15) is 0 Å². The minimum atomic E-state index is -3.44. The fraction of sp³-hybridized carbons (Fsp3) is 0.400. The van der Waals surface area contributed by atoms with Gasteiger partial charge in [0.25, 0.3) is 0 Å². The van der Waals surface area contributed by atoms with Crippen LogP contribution in [0.4, 0.5) is 5.69 Å². The van der Waals surface area contributed by atoms with E-state index in [1.807, 2.05) is 24.4 Å². The number of aromatic nitrogens is 2. The van der Waals surface area contributed by atoms with Crippen LogP contribution in [0.5, 0.6) is 0 Å². The van der Waals surface area contributed by atoms with Gasteiger partial charge in [0.05, 0.1) is 37.5 Å². The lowest BCUT2D eigenvalue weighted by Gasteiger charge is -2.29. The maximum atomic E-state index is 12.2. The van der Waals surface area contributed by atoms with Crippen molar-refractivity contribution in [3.8, 4) is 0 Å². The zero-order valence-corrected chi connectivity index (χ0v) is 15.6. The van der Waals surface area contributed by atoms with Crippen LogP contribution in [0.3, 0.4) is 0 Å². The molecule has 1 aromatic heterocycles. The van der Waals surface area contributed by atoms with Gasteiger partial charge in [-0.2, -0.15) is 4.31 Å². The Morgan fingerprint density at radius 1 is 1.46 bits per heavy atom. The third kappa shape index (κ3) is 3.64. The summed E-state index contributed by atoms with van der Waals surface area (Å²) in [6.07, 6.45) is 4.60. The number of halogens is 1. The van der Waals surface area contributed by atoms with Crippen molar-refractivity contribution in [2.45, 2.75) is 19.1 Å². The predicted molar refractivity (Wildman–Crippen MR) is 95.0 cm³/mol. The molecule has 130 valence electrons. The van der Waals surface area contributed by atoms with Gasteiger partial charge in [-0.15, -0.1) is 0 Å². The lowest BCUT2D eigenvalue weighted by Crippen LogP contribution is -2.46. The predicted octanol–water partition coefficient (Wildman–Crippen LogP) is 1.31. The van der Waals surface area contributed by atoms with E-state index < -0.39 is 16.1 Å². The molecular formula is C15H19BrN4O3S. The molecule has 1 unspecified atom stereocenters. The third-order valence-corrected chi connectivity index (χ3v) is 5.86. The molecule has 7 nitrogen and oxygen atoms in total. The topological polar surface area (TPSA) is 89.5 Å². The summed E-state index contributed by atoms with van der Waals surface area (Å²) in [7, 11) is -3.44. The number of hydrogen-bond acceptors (Lipinski definition) is 5. The van der Waals surface area contributed by atoms with E-state index in [4.69, 9.17) is 0 Å². The summed E-state index contributed by atoms with van der Waals surface area (Å²) in [5, 5.41) is 9.76. The number of rotatable bonds is 4. The molecule has 3 rings (SSSR count). The van der Waals surface area contributed by atoms with Gasteiger partial charge in [0.2, 0.25) is 10.0 Å². The van der Waals surface area contributed by atoms with Crippen molar-refractivity contribution < 1.29 is 13.5 Å². The third-order valence-electron chi connectivity index (χ3n) is 4.09. The first kappa shape index (κ1) is 17.4. The lowest BCUT2D eigenvalue weighted by molar-refractivity contribution is 0.189. The fourth-order valence-corrected chi connectivity index (χ4v) is 4.45. The van der Waals surface area contributed by atoms with Gasteiger partial charge < -0.3 is 15.0 Å². The average Bonchev–Trinajstić information content (AvgIpc) is 2.96. The van der Waals surface area contributed by atoms with Gasteiger partial charge in [0, 0.05) is 29.4 Å². The van der Waals surface area contributed by atoms with E-state index in [0.29, 0.717) is 13.1 Å². The SMILES string of the molecule is CS(=O)(=O)N1Cc2cc(Br)ccc2N(Cc2c[nH]cn2)CC1CO. The van der Waals surface area contributed by atoms with Crippen LogP contribution >= 0.6 is 15.9 Å². The Balaban J connectivity index is 2.04. The van der Waals surface area contributed by atoms with E-state index in [-0.39, 0.29) is 13.2 Å². The van der Waals surface area contributed by atoms with Crippen LogP contribution in [0.2, 0.25) is 0 Å². The van der Waals surface area contributed by atoms with Crippen LogP contribution in [-0.4, -0.2) is 53.2 Å². The van der Waals surface area contributed by atoms with E-state index in [9.17, 15) is 13.5 Å². The number of aliphatic hydroxyl groups is 1. The molecule has 9 heteroatoms. The quantitative estimate of drug-likeness (QED) is 0.786. The molecule has 24 heavy (non-hydrogen) atoms. The number of nitrogens with one attached hydrogen (secondary N) is 1. The standard InChI is InChI=1S/C15H19BrN4O3S/c1-24(22,23)20-6-11-4-12(16)2-3-15(11)19(8-14(20)9-21)7-13-5-17-10-18-13/h2-5,10,14,21H,6-9H2,1H3,(H,17,18). The van der Waals surface area contributed by atoms with Crippen LogP contribution in [0.15, 0.2) is 35.2 Å². The van der Waals surface area contributed by atoms with Crippen molar-refractivity contribution in [1.29, 1.82) is 0 Å². The molecule has 0 radical (unpaired) electrons. The Hall–Kier alpha value is -1.42. The number of sulfonamides is 1. The second-order valence-electron chi connectivity index (χ2n) is 5.86. The van der Waals surface area contributed by atoms with Crippen molar-refractivity contribution >= 4 is 31.6 Å². The van der Waals surface area contributed by atoms with Crippen LogP contribution in [0.1, 0.15) is 11.3 Å². The molecule has 1 atom stereocenters. The van der Waals surface area contributed by atoms with Gasteiger partial charge >= 0.3 is 0 Å². The van der Waals surface area contributed by atoms with Crippen molar-refractivity contribution in [3.63, 3.8) is 0 Å². The molecule has 0 saturated heterocycles. The van der Waals surface area contributed by atoms with E-state index >= 15 is 0 Å². The van der Waals surface area contributed by atoms with Gasteiger partial charge in [-0.05, 0) is 23.8 Å². The monoisotopic (exact) mass is 414 g/mol. The highest BCUT2D eigenvalue weighted by Gasteiger charge is 2.33. The van der Waals surface area contributed by atoms with Gasteiger partial charge in [-0.25, -0.2) is 13.4 Å². The summed E-state index contributed by atoms with van der Waals surface area (Å²) in [6, 6.07) is 5.31. The maximum Gasteiger partial charge on any atom is 0.211 e. The van der Waals surface area contributed by atoms with Gasteiger partial charge in [-0.1, -0.05) is 15.9 Å². The van der Waals surface area contributed by atoms with Crippen LogP contribution in [0, 0.1) is 0 Å². The zero-order valence-electron chi connectivity index (χ0n) is 13.2. The molecule has 0 fully saturated rings. The highest BCUT2D eigenvalue weighted by Crippen LogP contribution is 2.31. The first-order chi connectivity index (χ1) is 11.4. The van der Waals surface area contributed by atoms with Crippen molar-refractivity contribution in [1.82, 2.24) is 14.3 Å². The Kier molecular flexibility index (Phi) is 4.95. The van der Waals surface area contributed by atoms with Crippen molar-refractivity contribution in [3.05, 3.63) is 46.5 Å². The molecule has 1 aliphatic rings. The number of nitrogens with zero attached hydrogens (tertiary/aromatic N) is 3. The molecule has 0 aliphatic carbocycles. The Bertz CT molecular complexity index is 810. The molecule has 0 amide bonds. The van der Waals surface area contributed by atoms with Gasteiger partial charge in [-0.3, -0.25) is 0 Å². The number of hydrogen-bond donors (Lipinski definition) is 2. The number of aromatic amines is 1. The first-order valence-electron chi connectivity index (χ1n) is 7.47. The highest BCUT2D eigenvalue weighted by atomic mass is 79.9. The molecule has 2 N–H and O–H groups in total. The fourth-order valence-electron chi connectivity index (χ4n) is 2.99. The number of benzene rings is 1. The first-order valence-corrected chi connectivity index (χ1v) is 10.1. The Labute approximate surface area is 149 Å². The highest BCUT2D eigenvalue weighted by molar-refractivity contribution is 9.10. The van der Waals surface area contributed by atoms with E-state index in [1.165, 1.54) is 10.6 Å². The summed E-state index contributed by atoms with van der Waals surface area (Å²) in [6.45, 7) is 0.923. The summed E-state index contributed by atoms with van der Waals surface area (Å²) in [5.41, 5.74) is 2.69. The summed E-state index contributed by atoms with van der Waals surface area (Å²) >= 11 is 3.45. The summed E-state index contributed by atoms with van der Waals surface area (Å²) in [5.74, 6) is 0. The molecule has 0 bridgehead atoms. The van der Waals surface area contributed by atoms with Crippen molar-refractivity contribution in [2.24, 2.45) is 0 Å². The Morgan fingerprint density at radius 3 is 2.88 bits per heavy atom. The van der Waals surface area contributed by atoms with Crippen molar-refractivity contribution in [2.75, 3.05) is 24.3 Å². The largest absolute Gasteiger partial charge is 0.395 e. The van der Waals surface area contributed by atoms with E-state index in [1.54, 1.807) is 6.33 Å².